The van der Waals surface area contributed by atoms with Gasteiger partial charge in [0.25, 0.3) is 0 Å². The SMILES string of the molecule is CC(C)C(C(=O)Oc1ccn(-c2ccc(Cl)cc2)n1)c1ccc(Cl)cc1. The van der Waals surface area contributed by atoms with Crippen molar-refractivity contribution in [1.82, 2.24) is 9.78 Å². The molecular formula is C20H18Cl2N2O2. The van der Waals surface area contributed by atoms with Crippen LogP contribution < -0.4 is 4.74 Å². The third-order valence-corrected chi connectivity index (χ3v) is 4.51. The van der Waals surface area contributed by atoms with Gasteiger partial charge in [0.15, 0.2) is 0 Å². The number of nitrogens with zero attached hydrogens (tertiary/aromatic N) is 2. The van der Waals surface area contributed by atoms with E-state index in [0.29, 0.717) is 10.0 Å². The summed E-state index contributed by atoms with van der Waals surface area (Å²) in [6.07, 6.45) is 1.73. The van der Waals surface area contributed by atoms with Gasteiger partial charge in [-0.1, -0.05) is 49.2 Å². The predicted molar refractivity (Wildman–Crippen MR) is 103 cm³/mol. The zero-order chi connectivity index (χ0) is 18.7. The quantitative estimate of drug-likeness (QED) is 0.540. The first-order valence-electron chi connectivity index (χ1n) is 8.23. The van der Waals surface area contributed by atoms with E-state index in [1.807, 2.05) is 38.1 Å². The normalized spacial score (nSPS) is 12.2. The van der Waals surface area contributed by atoms with Crippen LogP contribution in [0.15, 0.2) is 60.8 Å². The molecule has 0 aliphatic rings. The Morgan fingerprint density at radius 1 is 0.962 bits per heavy atom. The van der Waals surface area contributed by atoms with Gasteiger partial charge < -0.3 is 4.74 Å². The zero-order valence-corrected chi connectivity index (χ0v) is 15.9. The molecule has 0 fully saturated rings. The predicted octanol–water partition coefficient (Wildman–Crippen LogP) is 5.52. The van der Waals surface area contributed by atoms with Gasteiger partial charge in [0.1, 0.15) is 0 Å². The second-order valence-corrected chi connectivity index (χ2v) is 7.14. The monoisotopic (exact) mass is 388 g/mol. The molecule has 0 saturated heterocycles. The Balaban J connectivity index is 1.77. The van der Waals surface area contributed by atoms with Crippen molar-refractivity contribution in [2.45, 2.75) is 19.8 Å². The highest BCUT2D eigenvalue weighted by Gasteiger charge is 2.27. The molecular weight excluding hydrogens is 371 g/mol. The first-order valence-corrected chi connectivity index (χ1v) is 8.98. The van der Waals surface area contributed by atoms with Crippen molar-refractivity contribution in [2.24, 2.45) is 5.92 Å². The van der Waals surface area contributed by atoms with Gasteiger partial charge in [0.05, 0.1) is 11.6 Å². The Morgan fingerprint density at radius 3 is 2.12 bits per heavy atom. The van der Waals surface area contributed by atoms with Crippen LogP contribution in [0.4, 0.5) is 0 Å². The summed E-state index contributed by atoms with van der Waals surface area (Å²) < 4.78 is 7.15. The smallest absolute Gasteiger partial charge is 0.320 e. The Morgan fingerprint density at radius 2 is 1.54 bits per heavy atom. The van der Waals surface area contributed by atoms with E-state index in [0.717, 1.165) is 11.3 Å². The molecule has 4 nitrogen and oxygen atoms in total. The number of halogens is 2. The highest BCUT2D eigenvalue weighted by atomic mass is 35.5. The van der Waals surface area contributed by atoms with Crippen LogP contribution in [-0.4, -0.2) is 15.7 Å². The zero-order valence-electron chi connectivity index (χ0n) is 14.4. The number of hydrogen-bond acceptors (Lipinski definition) is 3. The number of esters is 1. The maximum atomic E-state index is 12.7. The highest BCUT2D eigenvalue weighted by molar-refractivity contribution is 6.30. The van der Waals surface area contributed by atoms with Crippen molar-refractivity contribution >= 4 is 29.2 Å². The minimum atomic E-state index is -0.395. The van der Waals surface area contributed by atoms with Gasteiger partial charge in [0.2, 0.25) is 5.88 Å². The lowest BCUT2D eigenvalue weighted by Crippen LogP contribution is -2.23. The molecule has 2 aromatic carbocycles. The summed E-state index contributed by atoms with van der Waals surface area (Å²) in [6, 6.07) is 16.1. The Kier molecular flexibility index (Phi) is 5.64. The molecule has 1 heterocycles. The van der Waals surface area contributed by atoms with Gasteiger partial charge in [-0.25, -0.2) is 4.68 Å². The fourth-order valence-electron chi connectivity index (χ4n) is 2.73. The fraction of sp³-hybridized carbons (Fsp3) is 0.200. The number of hydrogen-bond donors (Lipinski definition) is 0. The number of benzene rings is 2. The summed E-state index contributed by atoms with van der Waals surface area (Å²) in [5.41, 5.74) is 1.70. The summed E-state index contributed by atoms with van der Waals surface area (Å²) in [4.78, 5) is 12.7. The number of carbonyl (C=O) groups excluding carboxylic acids is 1. The number of rotatable bonds is 5. The lowest BCUT2D eigenvalue weighted by atomic mass is 9.88. The minimum absolute atomic E-state index is 0.0713. The van der Waals surface area contributed by atoms with Crippen LogP contribution in [0.2, 0.25) is 10.0 Å². The van der Waals surface area contributed by atoms with Crippen LogP contribution in [-0.2, 0) is 4.79 Å². The molecule has 1 aromatic heterocycles. The lowest BCUT2D eigenvalue weighted by Gasteiger charge is -2.19. The molecule has 0 saturated carbocycles. The molecule has 26 heavy (non-hydrogen) atoms. The molecule has 1 atom stereocenters. The summed E-state index contributed by atoms with van der Waals surface area (Å²) in [7, 11) is 0. The number of ether oxygens (including phenoxy) is 1. The molecule has 0 N–H and O–H groups in total. The highest BCUT2D eigenvalue weighted by Crippen LogP contribution is 2.28. The van der Waals surface area contributed by atoms with E-state index in [1.54, 1.807) is 41.2 Å². The Bertz CT molecular complexity index is 887. The van der Waals surface area contributed by atoms with Crippen molar-refractivity contribution in [1.29, 1.82) is 0 Å². The van der Waals surface area contributed by atoms with Crippen molar-refractivity contribution < 1.29 is 9.53 Å². The molecule has 0 radical (unpaired) electrons. The van der Waals surface area contributed by atoms with Gasteiger partial charge in [-0.05, 0) is 47.9 Å². The summed E-state index contributed by atoms with van der Waals surface area (Å²) in [6.45, 7) is 3.96. The van der Waals surface area contributed by atoms with Crippen LogP contribution in [0.25, 0.3) is 5.69 Å². The van der Waals surface area contributed by atoms with E-state index in [-0.39, 0.29) is 17.8 Å². The van der Waals surface area contributed by atoms with Crippen LogP contribution >= 0.6 is 23.2 Å². The standard InChI is InChI=1S/C20H18Cl2N2O2/c1-13(2)19(14-3-5-15(21)6-4-14)20(25)26-18-11-12-24(23-18)17-9-7-16(22)8-10-17/h3-13,19H,1-2H3. The first kappa shape index (κ1) is 18.5. The van der Waals surface area contributed by atoms with Gasteiger partial charge in [-0.2, -0.15) is 0 Å². The van der Waals surface area contributed by atoms with Gasteiger partial charge in [-0.3, -0.25) is 4.79 Å². The van der Waals surface area contributed by atoms with Crippen LogP contribution in [0, 0.1) is 5.92 Å². The Labute approximate surface area is 162 Å². The number of aromatic nitrogens is 2. The largest absolute Gasteiger partial charge is 0.405 e. The number of carbonyl (C=O) groups is 1. The van der Waals surface area contributed by atoms with E-state index >= 15 is 0 Å². The maximum Gasteiger partial charge on any atom is 0.320 e. The first-order chi connectivity index (χ1) is 12.4. The average Bonchev–Trinajstić information content (AvgIpc) is 3.05. The summed E-state index contributed by atoms with van der Waals surface area (Å²) in [5.74, 6) is -0.414. The van der Waals surface area contributed by atoms with Gasteiger partial charge >= 0.3 is 5.97 Å². The molecule has 1 unspecified atom stereocenters. The molecule has 0 bridgehead atoms. The molecule has 0 amide bonds. The average molecular weight is 389 g/mol. The molecule has 3 aromatic rings. The van der Waals surface area contributed by atoms with E-state index in [4.69, 9.17) is 27.9 Å². The molecule has 0 spiro atoms. The molecule has 0 aliphatic carbocycles. The minimum Gasteiger partial charge on any atom is -0.405 e. The topological polar surface area (TPSA) is 44.1 Å². The van der Waals surface area contributed by atoms with E-state index in [1.165, 1.54) is 0 Å². The van der Waals surface area contributed by atoms with Crippen molar-refractivity contribution in [3.05, 3.63) is 76.4 Å². The van der Waals surface area contributed by atoms with Crippen LogP contribution in [0.1, 0.15) is 25.3 Å². The third-order valence-electron chi connectivity index (χ3n) is 4.01. The maximum absolute atomic E-state index is 12.7. The van der Waals surface area contributed by atoms with Crippen LogP contribution in [0.5, 0.6) is 5.88 Å². The third kappa shape index (κ3) is 4.26. The molecule has 0 aliphatic heterocycles. The lowest BCUT2D eigenvalue weighted by molar-refractivity contribution is -0.137. The van der Waals surface area contributed by atoms with E-state index in [2.05, 4.69) is 5.10 Å². The van der Waals surface area contributed by atoms with Crippen molar-refractivity contribution in [3.8, 4) is 11.6 Å². The fourth-order valence-corrected chi connectivity index (χ4v) is 2.98. The van der Waals surface area contributed by atoms with Crippen molar-refractivity contribution in [3.63, 3.8) is 0 Å². The van der Waals surface area contributed by atoms with Crippen molar-refractivity contribution in [2.75, 3.05) is 0 Å². The summed E-state index contributed by atoms with van der Waals surface area (Å²) in [5, 5.41) is 5.59. The molecule has 134 valence electrons. The molecule has 6 heteroatoms. The van der Waals surface area contributed by atoms with Gasteiger partial charge in [-0.15, -0.1) is 5.10 Å². The van der Waals surface area contributed by atoms with E-state index < -0.39 is 5.92 Å². The second-order valence-electron chi connectivity index (χ2n) is 6.27. The molecule has 3 rings (SSSR count). The summed E-state index contributed by atoms with van der Waals surface area (Å²) >= 11 is 11.8. The van der Waals surface area contributed by atoms with E-state index in [9.17, 15) is 4.79 Å². The van der Waals surface area contributed by atoms with Crippen LogP contribution in [0.3, 0.4) is 0 Å². The second kappa shape index (κ2) is 7.94. The van der Waals surface area contributed by atoms with Gasteiger partial charge in [0, 0.05) is 22.3 Å². The Hall–Kier alpha value is -2.30.